The molecule has 0 radical (unpaired) electrons. The number of rotatable bonds is 3. The molecule has 28 heavy (non-hydrogen) atoms. The van der Waals surface area contributed by atoms with Crippen molar-refractivity contribution in [2.45, 2.75) is 105 Å². The van der Waals surface area contributed by atoms with E-state index >= 15 is 0 Å². The van der Waals surface area contributed by atoms with E-state index in [0.29, 0.717) is 4.22 Å². The first kappa shape index (κ1) is 21.1. The number of nitrogens with one attached hydrogen (secondary N) is 1. The summed E-state index contributed by atoms with van der Waals surface area (Å²) in [4.78, 5) is 0. The van der Waals surface area contributed by atoms with Crippen molar-refractivity contribution < 1.29 is 14.3 Å². The molecule has 154 valence electrons. The summed E-state index contributed by atoms with van der Waals surface area (Å²) < 4.78 is 5.25. The second-order valence-corrected chi connectivity index (χ2v) is 33.3. The van der Waals surface area contributed by atoms with E-state index in [1.165, 1.54) is 64.2 Å². The average Bonchev–Trinajstić information content (AvgIpc) is 3.17. The summed E-state index contributed by atoms with van der Waals surface area (Å²) in [5.41, 5.74) is 8.21. The van der Waals surface area contributed by atoms with Gasteiger partial charge in [-0.05, 0) is 0 Å². The number of allylic oxidation sites excluding steroid dienone is 1. The van der Waals surface area contributed by atoms with Crippen LogP contribution in [-0.2, 0) is 27.1 Å². The maximum atomic E-state index is 4.55. The van der Waals surface area contributed by atoms with Gasteiger partial charge in [-0.25, -0.2) is 0 Å². The van der Waals surface area contributed by atoms with Crippen LogP contribution in [0.1, 0.15) is 84.8 Å². The quantitative estimate of drug-likeness (QED) is 0.496. The average molecular weight is 432 g/mol. The predicted molar refractivity (Wildman–Crippen MR) is 123 cm³/mol. The third-order valence-corrected chi connectivity index (χ3v) is 33.8. The molecule has 3 aliphatic carbocycles. The Kier molecular flexibility index (Phi) is 5.90. The molecule has 1 N–H and O–H groups in total. The van der Waals surface area contributed by atoms with Gasteiger partial charge in [0.15, 0.2) is 0 Å². The van der Waals surface area contributed by atoms with Crippen molar-refractivity contribution in [2.24, 2.45) is 0 Å². The maximum absolute atomic E-state index is 4.55. The fourth-order valence-electron chi connectivity index (χ4n) is 6.51. The summed E-state index contributed by atoms with van der Waals surface area (Å²) in [7, 11) is 0. The fourth-order valence-corrected chi connectivity index (χ4v) is 20.6. The molecule has 1 unspecified atom stereocenters. The molecule has 1 nitrogen and oxygen atoms in total. The second-order valence-electron chi connectivity index (χ2n) is 11.1. The van der Waals surface area contributed by atoms with E-state index in [4.69, 9.17) is 0 Å². The molecule has 0 heterocycles. The van der Waals surface area contributed by atoms with E-state index in [1.54, 1.807) is 27.8 Å². The summed E-state index contributed by atoms with van der Waals surface area (Å²) in [6.07, 6.45) is 16.1. The van der Waals surface area contributed by atoms with Crippen LogP contribution >= 0.6 is 0 Å². The van der Waals surface area contributed by atoms with Crippen molar-refractivity contribution in [3.05, 3.63) is 40.0 Å². The molecule has 3 heteroatoms. The number of aryl methyl sites for hydroxylation is 2. The molecule has 0 saturated heterocycles. The Bertz CT molecular complexity index is 861. The van der Waals surface area contributed by atoms with Gasteiger partial charge in [0.2, 0.25) is 0 Å². The molecule has 0 bridgehead atoms. The Balaban J connectivity index is 1.76. The molecule has 0 amide bonds. The third kappa shape index (κ3) is 3.68. The van der Waals surface area contributed by atoms with Gasteiger partial charge < -0.3 is 0 Å². The van der Waals surface area contributed by atoms with Crippen LogP contribution in [0.5, 0.6) is 0 Å². The number of hydrogen-bond donors (Lipinski definition) is 1. The molecular formula is C25H41NSiTi. The van der Waals surface area contributed by atoms with Gasteiger partial charge in [0.25, 0.3) is 0 Å². The van der Waals surface area contributed by atoms with Crippen LogP contribution in [0.4, 0.5) is 0 Å². The third-order valence-electron chi connectivity index (χ3n) is 8.61. The summed E-state index contributed by atoms with van der Waals surface area (Å²) in [6, 6.07) is 5.97. The second kappa shape index (κ2) is 7.84. The van der Waals surface area contributed by atoms with Crippen LogP contribution in [0.3, 0.4) is 0 Å². The number of hydrogen-bond acceptors (Lipinski definition) is 1. The Hall–Kier alpha value is -0.149. The van der Waals surface area contributed by atoms with Crippen LogP contribution in [0.2, 0.25) is 23.6 Å². The van der Waals surface area contributed by atoms with Gasteiger partial charge in [0.1, 0.15) is 0 Å². The van der Waals surface area contributed by atoms with Gasteiger partial charge in [-0.1, -0.05) is 0 Å². The van der Waals surface area contributed by atoms with Crippen LogP contribution in [-0.4, -0.2) is 12.2 Å². The Morgan fingerprint density at radius 2 is 1.50 bits per heavy atom. The van der Waals surface area contributed by atoms with Gasteiger partial charge >= 0.3 is 175 Å². The summed E-state index contributed by atoms with van der Waals surface area (Å²) in [6.45, 7) is 7.68. The first-order chi connectivity index (χ1) is 13.3. The monoisotopic (exact) mass is 431 g/mol. The number of benzene rings is 1. The zero-order valence-electron chi connectivity index (χ0n) is 19.0. The van der Waals surface area contributed by atoms with E-state index in [-0.39, 0.29) is 0 Å². The zero-order chi connectivity index (χ0) is 20.0. The molecule has 1 saturated carbocycles. The Labute approximate surface area is 174 Å². The standard InChI is InChI=1S/C13H13.C8H16N.C2H6Si.2CH3.Ti/c1-9-5-12-7-10-3-2-4-11(10)8-13(12)6-9;9-8-6-4-2-1-3-5-7-8;1-3-2;;;/h5-8H,2-4H2,1H3;8-9H,1-7H2;1-2H3;2*1H3;/q;-1;;;;+1. The van der Waals surface area contributed by atoms with Gasteiger partial charge in [0, 0.05) is 0 Å². The molecular weight excluding hydrogens is 390 g/mol. The molecule has 1 aromatic rings. The van der Waals surface area contributed by atoms with Crippen LogP contribution in [0.15, 0.2) is 17.7 Å². The van der Waals surface area contributed by atoms with Crippen LogP contribution in [0.25, 0.3) is 6.08 Å². The fraction of sp³-hybridized carbons (Fsp3) is 0.680. The van der Waals surface area contributed by atoms with E-state index in [1.807, 2.05) is 0 Å². The van der Waals surface area contributed by atoms with Gasteiger partial charge in [-0.3, -0.25) is 0 Å². The minimum atomic E-state index is -2.94. The molecule has 4 rings (SSSR count). The van der Waals surface area contributed by atoms with Crippen molar-refractivity contribution >= 4 is 12.3 Å². The molecule has 1 fully saturated rings. The molecule has 0 aromatic heterocycles. The van der Waals surface area contributed by atoms with E-state index in [2.05, 4.69) is 52.5 Å². The predicted octanol–water partition coefficient (Wildman–Crippen LogP) is 7.29. The normalized spacial score (nSPS) is 23.6. The van der Waals surface area contributed by atoms with E-state index in [9.17, 15) is 0 Å². The van der Waals surface area contributed by atoms with E-state index < -0.39 is 20.5 Å². The molecule has 1 aromatic carbocycles. The van der Waals surface area contributed by atoms with Crippen LogP contribution < -0.4 is 3.80 Å². The molecule has 0 aliphatic heterocycles. The van der Waals surface area contributed by atoms with Crippen LogP contribution in [0, 0.1) is 0 Å². The first-order valence-corrected chi connectivity index (χ1v) is 21.6. The Morgan fingerprint density at radius 1 is 0.893 bits per heavy atom. The molecule has 1 atom stereocenters. The topological polar surface area (TPSA) is 12.0 Å². The van der Waals surface area contributed by atoms with Gasteiger partial charge in [0.05, 0.1) is 0 Å². The summed E-state index contributed by atoms with van der Waals surface area (Å²) in [5, 5.41) is 5.54. The van der Waals surface area contributed by atoms with E-state index in [0.717, 1.165) is 6.04 Å². The number of fused-ring (bicyclic) bond motifs is 2. The molecule has 0 spiro atoms. The van der Waals surface area contributed by atoms with Gasteiger partial charge in [-0.2, -0.15) is 0 Å². The Morgan fingerprint density at radius 3 is 2.14 bits per heavy atom. The van der Waals surface area contributed by atoms with Crippen molar-refractivity contribution in [1.29, 1.82) is 0 Å². The zero-order valence-corrected chi connectivity index (χ0v) is 21.5. The molecule has 3 aliphatic rings. The summed E-state index contributed by atoms with van der Waals surface area (Å²) >= 11 is -2.94. The van der Waals surface area contributed by atoms with Crippen molar-refractivity contribution in [1.82, 2.24) is 3.80 Å². The summed E-state index contributed by atoms with van der Waals surface area (Å²) in [5.74, 6) is 0. The SMILES string of the molecule is CC1=Cc2cc3c(cc2[CH]1[Ti]([CH3])([CH3])([NH]C1CCCCCCC1)=[Si](C)C)CCC3. The van der Waals surface area contributed by atoms with Crippen molar-refractivity contribution in [3.8, 4) is 0 Å². The van der Waals surface area contributed by atoms with Crippen molar-refractivity contribution in [3.63, 3.8) is 0 Å². The van der Waals surface area contributed by atoms with Gasteiger partial charge in [-0.15, -0.1) is 0 Å². The van der Waals surface area contributed by atoms with Crippen molar-refractivity contribution in [2.75, 3.05) is 0 Å². The first-order valence-electron chi connectivity index (χ1n) is 11.9. The minimum absolute atomic E-state index is 0.420.